The van der Waals surface area contributed by atoms with E-state index in [9.17, 15) is 9.90 Å². The summed E-state index contributed by atoms with van der Waals surface area (Å²) in [5, 5.41) is 13.3. The minimum Gasteiger partial charge on any atom is -0.507 e. The van der Waals surface area contributed by atoms with E-state index in [1.807, 2.05) is 55.6 Å². The van der Waals surface area contributed by atoms with Gasteiger partial charge in [-0.15, -0.1) is 11.3 Å². The Bertz CT molecular complexity index is 929. The van der Waals surface area contributed by atoms with Gasteiger partial charge in [0, 0.05) is 27.8 Å². The standard InChI is InChI=1S/C22H23ClO3S/c1-3-15(12-14-7-9-16(23)10-8-14)19-13-18(24)21(22(25)26-19)17(4-2)20-6-5-11-27-20/h5-11,13,15,17,24H,3-4,12H2,1-2H3. The van der Waals surface area contributed by atoms with Crippen LogP contribution in [0, 0.1) is 0 Å². The minimum absolute atomic E-state index is 0.0145. The monoisotopic (exact) mass is 402 g/mol. The van der Waals surface area contributed by atoms with E-state index in [2.05, 4.69) is 0 Å². The topological polar surface area (TPSA) is 50.4 Å². The molecule has 3 nitrogen and oxygen atoms in total. The maximum absolute atomic E-state index is 12.7. The molecule has 142 valence electrons. The summed E-state index contributed by atoms with van der Waals surface area (Å²) in [6.45, 7) is 4.05. The molecule has 2 unspecified atom stereocenters. The largest absolute Gasteiger partial charge is 0.507 e. The fraction of sp³-hybridized carbons (Fsp3) is 0.318. The van der Waals surface area contributed by atoms with E-state index in [0.29, 0.717) is 16.3 Å². The highest BCUT2D eigenvalue weighted by molar-refractivity contribution is 7.10. The molecular formula is C22H23ClO3S. The zero-order valence-electron chi connectivity index (χ0n) is 15.4. The number of rotatable bonds is 7. The lowest BCUT2D eigenvalue weighted by Gasteiger charge is -2.18. The summed E-state index contributed by atoms with van der Waals surface area (Å²) in [4.78, 5) is 13.8. The highest BCUT2D eigenvalue weighted by Gasteiger charge is 2.24. The molecule has 2 heterocycles. The smallest absolute Gasteiger partial charge is 0.343 e. The van der Waals surface area contributed by atoms with Gasteiger partial charge in [0.1, 0.15) is 11.5 Å². The van der Waals surface area contributed by atoms with Crippen molar-refractivity contribution in [3.8, 4) is 5.75 Å². The average molecular weight is 403 g/mol. The lowest BCUT2D eigenvalue weighted by Crippen LogP contribution is -2.15. The third-order valence-corrected chi connectivity index (χ3v) is 6.16. The summed E-state index contributed by atoms with van der Waals surface area (Å²) < 4.78 is 5.68. The Kier molecular flexibility index (Phi) is 6.40. The Morgan fingerprint density at radius 1 is 1.15 bits per heavy atom. The van der Waals surface area contributed by atoms with E-state index in [0.717, 1.165) is 29.7 Å². The molecule has 1 aromatic carbocycles. The number of benzene rings is 1. The first-order chi connectivity index (χ1) is 13.0. The van der Waals surface area contributed by atoms with Crippen LogP contribution in [-0.4, -0.2) is 5.11 Å². The van der Waals surface area contributed by atoms with Crippen molar-refractivity contribution in [2.24, 2.45) is 0 Å². The van der Waals surface area contributed by atoms with Gasteiger partial charge in [0.25, 0.3) is 0 Å². The van der Waals surface area contributed by atoms with E-state index in [-0.39, 0.29) is 17.6 Å². The zero-order valence-corrected chi connectivity index (χ0v) is 17.0. The molecule has 2 aromatic heterocycles. The van der Waals surface area contributed by atoms with Crippen LogP contribution >= 0.6 is 22.9 Å². The fourth-order valence-corrected chi connectivity index (χ4v) is 4.46. The van der Waals surface area contributed by atoms with Gasteiger partial charge >= 0.3 is 5.63 Å². The van der Waals surface area contributed by atoms with Gasteiger partial charge in [-0.3, -0.25) is 0 Å². The molecule has 5 heteroatoms. The molecule has 3 rings (SSSR count). The molecule has 0 fully saturated rings. The normalized spacial score (nSPS) is 13.4. The maximum Gasteiger partial charge on any atom is 0.343 e. The first-order valence-corrected chi connectivity index (χ1v) is 10.4. The predicted molar refractivity (Wildman–Crippen MR) is 111 cm³/mol. The number of thiophene rings is 1. The zero-order chi connectivity index (χ0) is 19.4. The van der Waals surface area contributed by atoms with E-state index >= 15 is 0 Å². The molecule has 2 atom stereocenters. The summed E-state index contributed by atoms with van der Waals surface area (Å²) in [6, 6.07) is 13.2. The maximum atomic E-state index is 12.7. The SMILES string of the molecule is CCC(Cc1ccc(Cl)cc1)c1cc(O)c(C(CC)c2cccs2)c(=O)o1. The lowest BCUT2D eigenvalue weighted by atomic mass is 9.92. The second kappa shape index (κ2) is 8.77. The van der Waals surface area contributed by atoms with Gasteiger partial charge in [-0.2, -0.15) is 0 Å². The van der Waals surface area contributed by atoms with Gasteiger partial charge in [-0.25, -0.2) is 4.79 Å². The Balaban J connectivity index is 1.92. The second-order valence-electron chi connectivity index (χ2n) is 6.65. The van der Waals surface area contributed by atoms with Crippen LogP contribution in [-0.2, 0) is 6.42 Å². The van der Waals surface area contributed by atoms with Gasteiger partial charge < -0.3 is 9.52 Å². The molecule has 0 spiro atoms. The summed E-state index contributed by atoms with van der Waals surface area (Å²) in [7, 11) is 0. The van der Waals surface area contributed by atoms with Crippen LogP contribution in [0.3, 0.4) is 0 Å². The summed E-state index contributed by atoms with van der Waals surface area (Å²) in [5.74, 6) is 0.420. The molecule has 27 heavy (non-hydrogen) atoms. The highest BCUT2D eigenvalue weighted by Crippen LogP contribution is 2.36. The van der Waals surface area contributed by atoms with E-state index in [1.165, 1.54) is 0 Å². The molecule has 0 aliphatic rings. The Hall–Kier alpha value is -2.04. The van der Waals surface area contributed by atoms with Crippen LogP contribution < -0.4 is 5.63 Å². The van der Waals surface area contributed by atoms with Crippen molar-refractivity contribution in [3.63, 3.8) is 0 Å². The third kappa shape index (κ3) is 4.45. The first kappa shape index (κ1) is 19.7. The van der Waals surface area contributed by atoms with Crippen LogP contribution in [0.5, 0.6) is 5.75 Å². The van der Waals surface area contributed by atoms with Crippen molar-refractivity contribution in [2.45, 2.75) is 44.9 Å². The predicted octanol–water partition coefficient (Wildman–Crippen LogP) is 6.34. The number of hydrogen-bond acceptors (Lipinski definition) is 4. The summed E-state index contributed by atoms with van der Waals surface area (Å²) in [5.41, 5.74) is 1.02. The molecule has 3 aromatic rings. The number of hydrogen-bond donors (Lipinski definition) is 1. The second-order valence-corrected chi connectivity index (χ2v) is 8.06. The molecule has 0 bridgehead atoms. The van der Waals surface area contributed by atoms with Crippen molar-refractivity contribution in [1.29, 1.82) is 0 Å². The number of halogens is 1. The van der Waals surface area contributed by atoms with E-state index in [4.69, 9.17) is 16.0 Å². The van der Waals surface area contributed by atoms with Crippen molar-refractivity contribution in [1.82, 2.24) is 0 Å². The average Bonchev–Trinajstić information content (AvgIpc) is 3.18. The van der Waals surface area contributed by atoms with Gasteiger partial charge in [-0.1, -0.05) is 43.6 Å². The van der Waals surface area contributed by atoms with Gasteiger partial charge in [0.05, 0.1) is 5.56 Å². The van der Waals surface area contributed by atoms with Crippen molar-refractivity contribution in [2.75, 3.05) is 0 Å². The Morgan fingerprint density at radius 2 is 1.89 bits per heavy atom. The van der Waals surface area contributed by atoms with Gasteiger partial charge in [0.2, 0.25) is 0 Å². The first-order valence-electron chi connectivity index (χ1n) is 9.18. The van der Waals surface area contributed by atoms with Crippen molar-refractivity contribution < 1.29 is 9.52 Å². The Morgan fingerprint density at radius 3 is 2.44 bits per heavy atom. The molecular weight excluding hydrogens is 380 g/mol. The molecule has 0 aliphatic heterocycles. The molecule has 0 saturated carbocycles. The van der Waals surface area contributed by atoms with Crippen LogP contribution in [0.1, 0.15) is 60.3 Å². The number of aromatic hydroxyl groups is 1. The van der Waals surface area contributed by atoms with Gasteiger partial charge in [-0.05, 0) is 48.4 Å². The third-order valence-electron chi connectivity index (χ3n) is 4.92. The quantitative estimate of drug-likeness (QED) is 0.501. The molecule has 0 aliphatic carbocycles. The van der Waals surface area contributed by atoms with Crippen LogP contribution in [0.4, 0.5) is 0 Å². The fourth-order valence-electron chi connectivity index (χ4n) is 3.42. The Labute approximate surface area is 168 Å². The molecule has 0 saturated heterocycles. The summed E-state index contributed by atoms with van der Waals surface area (Å²) >= 11 is 7.53. The van der Waals surface area contributed by atoms with E-state index < -0.39 is 5.63 Å². The van der Waals surface area contributed by atoms with Crippen LogP contribution in [0.15, 0.2) is 57.1 Å². The minimum atomic E-state index is -0.445. The molecule has 0 amide bonds. The van der Waals surface area contributed by atoms with Crippen LogP contribution in [0.2, 0.25) is 5.02 Å². The summed E-state index contributed by atoms with van der Waals surface area (Å²) in [6.07, 6.45) is 2.24. The molecule has 0 radical (unpaired) electrons. The van der Waals surface area contributed by atoms with Crippen molar-refractivity contribution >= 4 is 22.9 Å². The molecule has 1 N–H and O–H groups in total. The lowest BCUT2D eigenvalue weighted by molar-refractivity contribution is 0.382. The van der Waals surface area contributed by atoms with E-state index in [1.54, 1.807) is 17.4 Å². The van der Waals surface area contributed by atoms with Crippen LogP contribution in [0.25, 0.3) is 0 Å². The highest BCUT2D eigenvalue weighted by atomic mass is 35.5. The van der Waals surface area contributed by atoms with Crippen molar-refractivity contribution in [3.05, 3.63) is 85.1 Å². The van der Waals surface area contributed by atoms with Gasteiger partial charge in [0.15, 0.2) is 0 Å².